The maximum atomic E-state index is 13.1. The summed E-state index contributed by atoms with van der Waals surface area (Å²) in [7, 11) is 0. The monoisotopic (exact) mass is 437 g/mol. The lowest BCUT2D eigenvalue weighted by Crippen LogP contribution is -2.48. The Morgan fingerprint density at radius 3 is 2.59 bits per heavy atom. The first-order chi connectivity index (χ1) is 15.5. The quantitative estimate of drug-likeness (QED) is 0.480. The first-order valence-electron chi connectivity index (χ1n) is 10.8. The summed E-state index contributed by atoms with van der Waals surface area (Å²) in [5.74, 6) is 0.519. The molecular formula is C23H24FN5O3. The van der Waals surface area contributed by atoms with Crippen molar-refractivity contribution >= 4 is 28.2 Å². The van der Waals surface area contributed by atoms with Crippen molar-refractivity contribution in [1.29, 1.82) is 0 Å². The summed E-state index contributed by atoms with van der Waals surface area (Å²) in [4.78, 5) is 29.5. The van der Waals surface area contributed by atoms with E-state index in [0.29, 0.717) is 62.5 Å². The highest BCUT2D eigenvalue weighted by molar-refractivity contribution is 5.82. The van der Waals surface area contributed by atoms with E-state index in [1.165, 1.54) is 16.8 Å². The van der Waals surface area contributed by atoms with Gasteiger partial charge in [-0.1, -0.05) is 0 Å². The van der Waals surface area contributed by atoms with Gasteiger partial charge in [0.05, 0.1) is 11.8 Å². The molecule has 3 aromatic heterocycles. The molecule has 1 saturated heterocycles. The largest absolute Gasteiger partial charge is 0.463 e. The van der Waals surface area contributed by atoms with Gasteiger partial charge in [0, 0.05) is 57.0 Å². The minimum atomic E-state index is -0.253. The van der Waals surface area contributed by atoms with Gasteiger partial charge in [-0.05, 0) is 37.6 Å². The van der Waals surface area contributed by atoms with Crippen molar-refractivity contribution in [1.82, 2.24) is 19.1 Å². The Morgan fingerprint density at radius 2 is 1.84 bits per heavy atom. The number of amides is 1. The van der Waals surface area contributed by atoms with Crippen LogP contribution in [0.3, 0.4) is 0 Å². The second kappa shape index (κ2) is 8.14. The molecule has 0 aliphatic carbocycles. The van der Waals surface area contributed by atoms with Crippen LogP contribution in [0.5, 0.6) is 0 Å². The lowest BCUT2D eigenvalue weighted by molar-refractivity contribution is -0.131. The number of hydrogen-bond acceptors (Lipinski definition) is 5. The molecule has 9 heteroatoms. The average Bonchev–Trinajstić information content (AvgIpc) is 3.39. The van der Waals surface area contributed by atoms with E-state index in [2.05, 4.69) is 10.00 Å². The Balaban J connectivity index is 1.18. The summed E-state index contributed by atoms with van der Waals surface area (Å²) in [5.41, 5.74) is 2.77. The van der Waals surface area contributed by atoms with Crippen LogP contribution in [0.15, 0.2) is 51.9 Å². The molecule has 0 bridgehead atoms. The second-order valence-electron chi connectivity index (χ2n) is 8.06. The zero-order valence-electron chi connectivity index (χ0n) is 17.8. The van der Waals surface area contributed by atoms with Crippen molar-refractivity contribution in [3.8, 4) is 0 Å². The van der Waals surface area contributed by atoms with Crippen LogP contribution in [0.4, 0.5) is 10.1 Å². The Labute approximate surface area is 183 Å². The van der Waals surface area contributed by atoms with E-state index < -0.39 is 0 Å². The van der Waals surface area contributed by atoms with E-state index in [-0.39, 0.29) is 17.3 Å². The first-order valence-corrected chi connectivity index (χ1v) is 10.8. The predicted molar refractivity (Wildman–Crippen MR) is 118 cm³/mol. The highest BCUT2D eigenvalue weighted by Gasteiger charge is 2.21. The first kappa shape index (κ1) is 20.3. The predicted octanol–water partition coefficient (Wildman–Crippen LogP) is 2.82. The molecule has 0 unspecified atom stereocenters. The molecule has 1 amide bonds. The molecule has 1 fully saturated rings. The molecule has 4 heterocycles. The number of furan rings is 1. The van der Waals surface area contributed by atoms with Crippen LogP contribution in [-0.2, 0) is 11.3 Å². The minimum absolute atomic E-state index is 0.0785. The minimum Gasteiger partial charge on any atom is -0.463 e. The van der Waals surface area contributed by atoms with Crippen molar-refractivity contribution in [3.05, 3.63) is 64.7 Å². The van der Waals surface area contributed by atoms with E-state index >= 15 is 0 Å². The summed E-state index contributed by atoms with van der Waals surface area (Å²) in [6.45, 7) is 4.91. The van der Waals surface area contributed by atoms with Gasteiger partial charge in [0.2, 0.25) is 5.91 Å². The fraction of sp³-hybridized carbons (Fsp3) is 0.348. The summed E-state index contributed by atoms with van der Waals surface area (Å²) in [5, 5.41) is 4.43. The Bertz CT molecular complexity index is 1330. The van der Waals surface area contributed by atoms with E-state index in [0.717, 1.165) is 11.2 Å². The molecular weight excluding hydrogens is 413 g/mol. The molecule has 1 aliphatic rings. The third-order valence-corrected chi connectivity index (χ3v) is 6.05. The third kappa shape index (κ3) is 3.63. The molecule has 0 atom stereocenters. The van der Waals surface area contributed by atoms with Crippen molar-refractivity contribution < 1.29 is 13.6 Å². The number of aromatic nitrogens is 3. The maximum absolute atomic E-state index is 13.1. The smallest absolute Gasteiger partial charge is 0.291 e. The van der Waals surface area contributed by atoms with Gasteiger partial charge in [-0.2, -0.15) is 5.10 Å². The summed E-state index contributed by atoms with van der Waals surface area (Å²) < 4.78 is 21.8. The number of benzene rings is 1. The fourth-order valence-corrected chi connectivity index (χ4v) is 4.38. The van der Waals surface area contributed by atoms with Crippen LogP contribution in [0.1, 0.15) is 18.7 Å². The van der Waals surface area contributed by atoms with Gasteiger partial charge in [-0.15, -0.1) is 0 Å². The number of hydrogen-bond donors (Lipinski definition) is 0. The van der Waals surface area contributed by atoms with E-state index in [4.69, 9.17) is 4.42 Å². The van der Waals surface area contributed by atoms with Gasteiger partial charge in [0.1, 0.15) is 17.2 Å². The molecule has 0 N–H and O–H groups in total. The van der Waals surface area contributed by atoms with Crippen molar-refractivity contribution in [3.63, 3.8) is 0 Å². The maximum Gasteiger partial charge on any atom is 0.291 e. The molecule has 0 spiro atoms. The summed E-state index contributed by atoms with van der Waals surface area (Å²) in [6, 6.07) is 9.97. The normalized spacial score (nSPS) is 14.6. The molecule has 8 nitrogen and oxygen atoms in total. The van der Waals surface area contributed by atoms with Gasteiger partial charge >= 0.3 is 0 Å². The summed E-state index contributed by atoms with van der Waals surface area (Å²) >= 11 is 0. The lowest BCUT2D eigenvalue weighted by atomic mass is 10.2. The van der Waals surface area contributed by atoms with E-state index in [9.17, 15) is 14.0 Å². The molecule has 166 valence electrons. The Hall–Kier alpha value is -3.62. The van der Waals surface area contributed by atoms with Crippen LogP contribution in [0.2, 0.25) is 0 Å². The number of aryl methyl sites for hydroxylation is 2. The number of fused-ring (bicyclic) bond motifs is 3. The molecule has 0 saturated carbocycles. The van der Waals surface area contributed by atoms with Crippen LogP contribution in [0.25, 0.3) is 16.6 Å². The number of piperazine rings is 1. The number of rotatable bonds is 5. The molecule has 1 aromatic carbocycles. The molecule has 5 rings (SSSR count). The van der Waals surface area contributed by atoms with Crippen LogP contribution >= 0.6 is 0 Å². The zero-order valence-corrected chi connectivity index (χ0v) is 17.8. The van der Waals surface area contributed by atoms with Gasteiger partial charge < -0.3 is 14.2 Å². The lowest BCUT2D eigenvalue weighted by Gasteiger charge is -2.36. The third-order valence-electron chi connectivity index (χ3n) is 6.05. The molecule has 1 aliphatic heterocycles. The highest BCUT2D eigenvalue weighted by atomic mass is 19.1. The Morgan fingerprint density at radius 1 is 1.09 bits per heavy atom. The topological polar surface area (TPSA) is 76.0 Å². The van der Waals surface area contributed by atoms with E-state index in [1.54, 1.807) is 28.9 Å². The van der Waals surface area contributed by atoms with Gasteiger partial charge in [-0.3, -0.25) is 14.0 Å². The number of carbonyl (C=O) groups is 1. The van der Waals surface area contributed by atoms with Crippen molar-refractivity contribution in [2.24, 2.45) is 0 Å². The number of nitrogens with zero attached hydrogens (tertiary/aromatic N) is 5. The molecule has 32 heavy (non-hydrogen) atoms. The fourth-order valence-electron chi connectivity index (χ4n) is 4.38. The van der Waals surface area contributed by atoms with Crippen molar-refractivity contribution in [2.75, 3.05) is 31.1 Å². The molecule has 4 aromatic rings. The highest BCUT2D eigenvalue weighted by Crippen LogP contribution is 2.20. The number of halogens is 1. The van der Waals surface area contributed by atoms with E-state index in [1.807, 2.05) is 17.9 Å². The van der Waals surface area contributed by atoms with Gasteiger partial charge in [0.25, 0.3) is 5.56 Å². The zero-order chi connectivity index (χ0) is 22.2. The van der Waals surface area contributed by atoms with Gasteiger partial charge in [-0.25, -0.2) is 9.07 Å². The molecule has 0 radical (unpaired) electrons. The number of carbonyl (C=O) groups excluding carboxylic acids is 1. The second-order valence-corrected chi connectivity index (χ2v) is 8.06. The number of anilines is 1. The Kier molecular flexibility index (Phi) is 5.16. The average molecular weight is 437 g/mol. The summed E-state index contributed by atoms with van der Waals surface area (Å²) in [6.07, 6.45) is 2.49. The standard InChI is InChI=1S/C23H24FN5O3/c1-16-25-28(23(31)20-15-21-19(29(16)20)8-14-32-21)9-2-3-22(30)27-12-10-26(11-13-27)18-6-4-17(24)5-7-18/h4-8,14-15H,2-3,9-13H2,1H3. The van der Waals surface area contributed by atoms with Crippen LogP contribution < -0.4 is 10.5 Å². The SMILES string of the molecule is Cc1nn(CCCC(=O)N2CCN(c3ccc(F)cc3)CC2)c(=O)c2cc3occc3n12. The van der Waals surface area contributed by atoms with Crippen LogP contribution in [0, 0.1) is 12.7 Å². The van der Waals surface area contributed by atoms with Crippen molar-refractivity contribution in [2.45, 2.75) is 26.3 Å². The van der Waals surface area contributed by atoms with Gasteiger partial charge in [0.15, 0.2) is 5.58 Å². The van der Waals surface area contributed by atoms with Crippen LogP contribution in [-0.4, -0.2) is 51.2 Å².